The molecule has 4 aromatic heterocycles. The first-order chi connectivity index (χ1) is 24.8. The summed E-state index contributed by atoms with van der Waals surface area (Å²) in [6, 6.07) is 52.7. The Morgan fingerprint density at radius 1 is 0.300 bits per heavy atom. The Labute approximate surface area is 293 Å². The maximum atomic E-state index is 6.59. The van der Waals surface area contributed by atoms with Gasteiger partial charge in [0.15, 0.2) is 0 Å². The predicted octanol–water partition coefficient (Wildman–Crippen LogP) is 14.7. The van der Waals surface area contributed by atoms with E-state index in [2.05, 4.69) is 146 Å². The Morgan fingerprint density at radius 2 is 0.740 bits per heavy atom. The predicted molar refractivity (Wildman–Crippen MR) is 215 cm³/mol. The Bertz CT molecular complexity index is 3160. The summed E-state index contributed by atoms with van der Waals surface area (Å²) in [5, 5.41) is 12.1. The van der Waals surface area contributed by atoms with Crippen molar-refractivity contribution in [1.82, 2.24) is 0 Å². The summed E-state index contributed by atoms with van der Waals surface area (Å²) in [6.45, 7) is 0. The van der Waals surface area contributed by atoms with Gasteiger partial charge in [-0.3, -0.25) is 0 Å². The van der Waals surface area contributed by atoms with E-state index in [1.165, 1.54) is 73.4 Å². The van der Waals surface area contributed by atoms with E-state index in [4.69, 9.17) is 8.83 Å². The van der Waals surface area contributed by atoms with Gasteiger partial charge in [0.2, 0.25) is 0 Å². The molecular formula is C46H24O2S2. The van der Waals surface area contributed by atoms with Gasteiger partial charge in [-0.15, -0.1) is 22.7 Å². The van der Waals surface area contributed by atoms with Gasteiger partial charge in [-0.05, 0) is 106 Å². The number of rotatable bonds is 2. The fraction of sp³-hybridized carbons (Fsp3) is 0. The van der Waals surface area contributed by atoms with Crippen molar-refractivity contribution in [2.45, 2.75) is 0 Å². The van der Waals surface area contributed by atoms with E-state index in [0.29, 0.717) is 0 Å². The lowest BCUT2D eigenvalue weighted by Crippen LogP contribution is -1.80. The molecule has 4 heterocycles. The van der Waals surface area contributed by atoms with Crippen LogP contribution in [0.4, 0.5) is 0 Å². The van der Waals surface area contributed by atoms with Crippen LogP contribution in [0.2, 0.25) is 0 Å². The molecule has 0 atom stereocenters. The SMILES string of the molecule is c1ccc2c(c1)sc1cccc(-c3ccc4c(c3)oc3ccc5c(ccc6oc7cc(-c8cccc9sc%10ccccc%10c89)ccc7c65)c34)c12. The summed E-state index contributed by atoms with van der Waals surface area (Å²) in [7, 11) is 0. The van der Waals surface area contributed by atoms with E-state index in [0.717, 1.165) is 43.9 Å². The van der Waals surface area contributed by atoms with Crippen LogP contribution in [-0.2, 0) is 0 Å². The number of benzene rings is 8. The van der Waals surface area contributed by atoms with Gasteiger partial charge in [0.1, 0.15) is 22.3 Å². The van der Waals surface area contributed by atoms with E-state index in [-0.39, 0.29) is 0 Å². The van der Waals surface area contributed by atoms with Crippen LogP contribution in [0.1, 0.15) is 0 Å². The Hall–Kier alpha value is -5.94. The molecule has 8 aromatic carbocycles. The summed E-state index contributed by atoms with van der Waals surface area (Å²) >= 11 is 3.70. The molecule has 0 aliphatic carbocycles. The molecule has 232 valence electrons. The molecule has 4 heteroatoms. The van der Waals surface area contributed by atoms with Crippen LogP contribution in [0.5, 0.6) is 0 Å². The summed E-state index contributed by atoms with van der Waals surface area (Å²) < 4.78 is 18.4. The molecule has 50 heavy (non-hydrogen) atoms. The second-order valence-corrected chi connectivity index (χ2v) is 15.3. The van der Waals surface area contributed by atoms with Crippen molar-refractivity contribution < 1.29 is 8.83 Å². The highest BCUT2D eigenvalue weighted by Crippen LogP contribution is 2.45. The van der Waals surface area contributed by atoms with E-state index in [9.17, 15) is 0 Å². The van der Waals surface area contributed by atoms with Crippen molar-refractivity contribution in [2.75, 3.05) is 0 Å². The molecule has 0 fully saturated rings. The quantitative estimate of drug-likeness (QED) is 0.183. The van der Waals surface area contributed by atoms with Gasteiger partial charge in [0, 0.05) is 61.9 Å². The molecule has 0 spiro atoms. The highest BCUT2D eigenvalue weighted by atomic mass is 32.1. The standard InChI is InChI=1S/C46H24O2S2/c1-3-11-39-33(7-1)45-27(9-5-13-41(45)49-39)25-15-17-31-37(23-25)47-35-21-19-30-29(43(31)35)20-22-36-44(30)32-18-16-26(24-38(32)48-36)28-10-6-14-42-46(28)34-8-2-4-12-40(34)50-42/h1-24H. The monoisotopic (exact) mass is 672 g/mol. The zero-order valence-electron chi connectivity index (χ0n) is 26.5. The van der Waals surface area contributed by atoms with E-state index in [1.54, 1.807) is 0 Å². The first kappa shape index (κ1) is 26.9. The molecule has 0 bridgehead atoms. The highest BCUT2D eigenvalue weighted by Gasteiger charge is 2.19. The molecule has 0 unspecified atom stereocenters. The number of hydrogen-bond acceptors (Lipinski definition) is 4. The Kier molecular flexibility index (Phi) is 5.29. The summed E-state index contributed by atoms with van der Waals surface area (Å²) in [6.07, 6.45) is 0. The van der Waals surface area contributed by atoms with Crippen molar-refractivity contribution in [3.8, 4) is 22.3 Å². The van der Waals surface area contributed by atoms with Gasteiger partial charge in [0.05, 0.1) is 0 Å². The summed E-state index contributed by atoms with van der Waals surface area (Å²) in [5.41, 5.74) is 8.41. The van der Waals surface area contributed by atoms with Crippen LogP contribution >= 0.6 is 22.7 Å². The fourth-order valence-corrected chi connectivity index (χ4v) is 10.6. The van der Waals surface area contributed by atoms with Crippen LogP contribution in [-0.4, -0.2) is 0 Å². The smallest absolute Gasteiger partial charge is 0.136 e. The lowest BCUT2D eigenvalue weighted by atomic mass is 9.96. The van der Waals surface area contributed by atoms with E-state index >= 15 is 0 Å². The van der Waals surface area contributed by atoms with Gasteiger partial charge >= 0.3 is 0 Å². The molecular weight excluding hydrogens is 649 g/mol. The van der Waals surface area contributed by atoms with E-state index in [1.807, 2.05) is 22.7 Å². The van der Waals surface area contributed by atoms with Crippen LogP contribution in [0.25, 0.3) is 117 Å². The van der Waals surface area contributed by atoms with Crippen molar-refractivity contribution >= 4 is 118 Å². The van der Waals surface area contributed by atoms with Crippen molar-refractivity contribution in [3.63, 3.8) is 0 Å². The maximum Gasteiger partial charge on any atom is 0.136 e. The van der Waals surface area contributed by atoms with E-state index < -0.39 is 0 Å². The molecule has 0 saturated heterocycles. The zero-order chi connectivity index (χ0) is 32.5. The number of hydrogen-bond donors (Lipinski definition) is 0. The topological polar surface area (TPSA) is 26.3 Å². The molecule has 0 N–H and O–H groups in total. The van der Waals surface area contributed by atoms with Crippen molar-refractivity contribution in [1.29, 1.82) is 0 Å². The molecule has 0 radical (unpaired) electrons. The molecule has 12 rings (SSSR count). The Balaban J connectivity index is 1.04. The lowest BCUT2D eigenvalue weighted by Gasteiger charge is -2.06. The zero-order valence-corrected chi connectivity index (χ0v) is 28.1. The van der Waals surface area contributed by atoms with Gasteiger partial charge in [-0.2, -0.15) is 0 Å². The number of thiophene rings is 2. The molecule has 12 aromatic rings. The summed E-state index contributed by atoms with van der Waals surface area (Å²) in [5.74, 6) is 0. The average molecular weight is 673 g/mol. The molecule has 2 nitrogen and oxygen atoms in total. The second-order valence-electron chi connectivity index (χ2n) is 13.2. The van der Waals surface area contributed by atoms with Crippen LogP contribution in [0.3, 0.4) is 0 Å². The molecule has 0 aliphatic heterocycles. The minimum atomic E-state index is 0.898. The van der Waals surface area contributed by atoms with Crippen LogP contribution < -0.4 is 0 Å². The number of furan rings is 2. The normalized spacial score (nSPS) is 12.4. The Morgan fingerprint density at radius 3 is 1.24 bits per heavy atom. The number of fused-ring (bicyclic) bond motifs is 15. The fourth-order valence-electron chi connectivity index (χ4n) is 8.32. The van der Waals surface area contributed by atoms with Crippen LogP contribution in [0, 0.1) is 0 Å². The molecule has 0 aliphatic rings. The lowest BCUT2D eigenvalue weighted by molar-refractivity contribution is 0.668. The highest BCUT2D eigenvalue weighted by molar-refractivity contribution is 7.26. The van der Waals surface area contributed by atoms with Crippen molar-refractivity contribution in [2.24, 2.45) is 0 Å². The maximum absolute atomic E-state index is 6.59. The van der Waals surface area contributed by atoms with Gasteiger partial charge < -0.3 is 8.83 Å². The third-order valence-electron chi connectivity index (χ3n) is 10.5. The second kappa shape index (κ2) is 9.82. The summed E-state index contributed by atoms with van der Waals surface area (Å²) in [4.78, 5) is 0. The molecule has 0 saturated carbocycles. The van der Waals surface area contributed by atoms with Crippen molar-refractivity contribution in [3.05, 3.63) is 146 Å². The first-order valence-corrected chi connectivity index (χ1v) is 18.5. The van der Waals surface area contributed by atoms with Gasteiger partial charge in [-0.25, -0.2) is 0 Å². The third kappa shape index (κ3) is 3.61. The largest absolute Gasteiger partial charge is 0.456 e. The third-order valence-corrected chi connectivity index (χ3v) is 12.8. The average Bonchev–Trinajstić information content (AvgIpc) is 3.93. The van der Waals surface area contributed by atoms with Gasteiger partial charge in [0.25, 0.3) is 0 Å². The first-order valence-electron chi connectivity index (χ1n) is 16.8. The molecule has 0 amide bonds. The van der Waals surface area contributed by atoms with Crippen LogP contribution in [0.15, 0.2) is 154 Å². The van der Waals surface area contributed by atoms with Gasteiger partial charge in [-0.1, -0.05) is 72.8 Å². The minimum absolute atomic E-state index is 0.898. The minimum Gasteiger partial charge on any atom is -0.456 e.